The van der Waals surface area contributed by atoms with E-state index in [1.807, 2.05) is 0 Å². The van der Waals surface area contributed by atoms with Gasteiger partial charge in [-0.05, 0) is 29.7 Å². The van der Waals surface area contributed by atoms with Crippen LogP contribution in [0, 0.1) is 23.2 Å². The van der Waals surface area contributed by atoms with Crippen molar-refractivity contribution in [2.24, 2.45) is 28.9 Å². The van der Waals surface area contributed by atoms with E-state index in [9.17, 15) is 0 Å². The number of hydrogen-bond acceptors (Lipinski definition) is 1. The molecule has 2 aliphatic carbocycles. The molecule has 2 saturated carbocycles. The summed E-state index contributed by atoms with van der Waals surface area (Å²) in [5, 5.41) is 0. The highest BCUT2D eigenvalue weighted by atomic mass is 14.7. The van der Waals surface area contributed by atoms with Gasteiger partial charge < -0.3 is 5.73 Å². The lowest BCUT2D eigenvalue weighted by Crippen LogP contribution is -2.16. The van der Waals surface area contributed by atoms with Gasteiger partial charge in [0.25, 0.3) is 0 Å². The van der Waals surface area contributed by atoms with Crippen LogP contribution in [0.4, 0.5) is 0 Å². The Labute approximate surface area is 69.4 Å². The number of nitrogens with two attached hydrogens (primary N) is 1. The van der Waals surface area contributed by atoms with Crippen LogP contribution in [-0.2, 0) is 0 Å². The minimum atomic E-state index is 0.583. The van der Waals surface area contributed by atoms with Gasteiger partial charge in [0.2, 0.25) is 0 Å². The van der Waals surface area contributed by atoms with E-state index in [1.165, 1.54) is 19.3 Å². The van der Waals surface area contributed by atoms with Crippen molar-refractivity contribution in [3.05, 3.63) is 0 Å². The molecule has 2 aliphatic rings. The molecule has 0 heterocycles. The molecule has 0 aromatic heterocycles. The highest BCUT2D eigenvalue weighted by molar-refractivity contribution is 5.09. The molecule has 0 radical (unpaired) electrons. The van der Waals surface area contributed by atoms with Crippen LogP contribution < -0.4 is 5.73 Å². The van der Waals surface area contributed by atoms with Gasteiger partial charge in [-0.15, -0.1) is 0 Å². The molecule has 0 spiro atoms. The molecular weight excluding hydrogens is 134 g/mol. The van der Waals surface area contributed by atoms with E-state index in [0.717, 1.165) is 24.3 Å². The summed E-state index contributed by atoms with van der Waals surface area (Å²) in [6, 6.07) is 0. The van der Waals surface area contributed by atoms with Crippen molar-refractivity contribution in [1.82, 2.24) is 0 Å². The van der Waals surface area contributed by atoms with Crippen LogP contribution in [0.2, 0.25) is 0 Å². The van der Waals surface area contributed by atoms with E-state index in [4.69, 9.17) is 5.73 Å². The lowest BCUT2D eigenvalue weighted by atomic mass is 9.79. The summed E-state index contributed by atoms with van der Waals surface area (Å²) in [5.41, 5.74) is 6.30. The summed E-state index contributed by atoms with van der Waals surface area (Å²) < 4.78 is 0. The van der Waals surface area contributed by atoms with Gasteiger partial charge in [0.1, 0.15) is 0 Å². The third kappa shape index (κ3) is 0.936. The first kappa shape index (κ1) is 7.60. The Morgan fingerprint density at radius 3 is 2.27 bits per heavy atom. The first-order valence-corrected chi connectivity index (χ1v) is 4.88. The molecule has 1 nitrogen and oxygen atoms in total. The second-order valence-corrected chi connectivity index (χ2v) is 4.88. The maximum Gasteiger partial charge on any atom is -0.00407 e. The monoisotopic (exact) mass is 153 g/mol. The Balaban J connectivity index is 1.96. The largest absolute Gasteiger partial charge is 0.330 e. The highest BCUT2D eigenvalue weighted by Crippen LogP contribution is 2.64. The van der Waals surface area contributed by atoms with Crippen LogP contribution in [0.1, 0.15) is 33.1 Å². The molecular formula is C10H19N. The third-order valence-corrected chi connectivity index (χ3v) is 4.05. The van der Waals surface area contributed by atoms with Crippen molar-refractivity contribution in [1.29, 1.82) is 0 Å². The van der Waals surface area contributed by atoms with Crippen LogP contribution in [-0.4, -0.2) is 6.54 Å². The number of rotatable bonds is 2. The molecule has 1 heteroatoms. The Morgan fingerprint density at radius 1 is 1.36 bits per heavy atom. The fourth-order valence-corrected chi connectivity index (χ4v) is 2.97. The highest BCUT2D eigenvalue weighted by Gasteiger charge is 2.60. The summed E-state index contributed by atoms with van der Waals surface area (Å²) >= 11 is 0. The Bertz CT molecular complexity index is 158. The summed E-state index contributed by atoms with van der Waals surface area (Å²) in [6.45, 7) is 5.68. The first-order chi connectivity index (χ1) is 5.18. The molecule has 0 aromatic rings. The molecule has 0 unspecified atom stereocenters. The Morgan fingerprint density at radius 2 is 2.00 bits per heavy atom. The predicted octanol–water partition coefficient (Wildman–Crippen LogP) is 2.02. The van der Waals surface area contributed by atoms with E-state index in [1.54, 1.807) is 0 Å². The molecule has 64 valence electrons. The second kappa shape index (κ2) is 2.22. The summed E-state index contributed by atoms with van der Waals surface area (Å²) in [5.74, 6) is 2.85. The first-order valence-electron chi connectivity index (χ1n) is 4.88. The van der Waals surface area contributed by atoms with E-state index >= 15 is 0 Å². The van der Waals surface area contributed by atoms with Gasteiger partial charge >= 0.3 is 0 Å². The fourth-order valence-electron chi connectivity index (χ4n) is 2.97. The standard InChI is InChI=1S/C10H19N/c1-10(2)8(6-11)9(10)7-4-3-5-7/h7-9H,3-6,11H2,1-2H3/t8-,9-/m0/s1. The van der Waals surface area contributed by atoms with Gasteiger partial charge in [0.15, 0.2) is 0 Å². The average molecular weight is 153 g/mol. The summed E-state index contributed by atoms with van der Waals surface area (Å²) in [6.07, 6.45) is 4.42. The van der Waals surface area contributed by atoms with Crippen LogP contribution in [0.3, 0.4) is 0 Å². The van der Waals surface area contributed by atoms with E-state index in [2.05, 4.69) is 13.8 Å². The van der Waals surface area contributed by atoms with Crippen LogP contribution in [0.15, 0.2) is 0 Å². The smallest absolute Gasteiger partial charge is 0.00407 e. The van der Waals surface area contributed by atoms with E-state index in [-0.39, 0.29) is 0 Å². The molecule has 2 N–H and O–H groups in total. The molecule has 2 rings (SSSR count). The molecule has 0 saturated heterocycles. The third-order valence-electron chi connectivity index (χ3n) is 4.05. The van der Waals surface area contributed by atoms with Crippen LogP contribution in [0.5, 0.6) is 0 Å². The minimum Gasteiger partial charge on any atom is -0.330 e. The maximum absolute atomic E-state index is 5.72. The summed E-state index contributed by atoms with van der Waals surface area (Å²) in [4.78, 5) is 0. The topological polar surface area (TPSA) is 26.0 Å². The van der Waals surface area contributed by atoms with Crippen molar-refractivity contribution in [2.45, 2.75) is 33.1 Å². The van der Waals surface area contributed by atoms with Gasteiger partial charge in [0.05, 0.1) is 0 Å². The Hall–Kier alpha value is -0.0400. The fraction of sp³-hybridized carbons (Fsp3) is 1.00. The van der Waals surface area contributed by atoms with Gasteiger partial charge in [-0.25, -0.2) is 0 Å². The molecule has 11 heavy (non-hydrogen) atoms. The van der Waals surface area contributed by atoms with Crippen molar-refractivity contribution in [3.8, 4) is 0 Å². The zero-order valence-corrected chi connectivity index (χ0v) is 7.64. The second-order valence-electron chi connectivity index (χ2n) is 4.88. The van der Waals surface area contributed by atoms with E-state index in [0.29, 0.717) is 5.41 Å². The summed E-state index contributed by atoms with van der Waals surface area (Å²) in [7, 11) is 0. The van der Waals surface area contributed by atoms with Crippen LogP contribution >= 0.6 is 0 Å². The lowest BCUT2D eigenvalue weighted by molar-refractivity contribution is 0.245. The lowest BCUT2D eigenvalue weighted by Gasteiger charge is -2.26. The molecule has 2 fully saturated rings. The van der Waals surface area contributed by atoms with Crippen molar-refractivity contribution in [3.63, 3.8) is 0 Å². The SMILES string of the molecule is CC1(C)[C@@H](CN)[C@@H]1C1CCC1. The van der Waals surface area contributed by atoms with Crippen molar-refractivity contribution >= 4 is 0 Å². The van der Waals surface area contributed by atoms with Gasteiger partial charge in [-0.1, -0.05) is 33.1 Å². The molecule has 0 bridgehead atoms. The Kier molecular flexibility index (Phi) is 1.54. The molecule has 0 aliphatic heterocycles. The minimum absolute atomic E-state index is 0.583. The van der Waals surface area contributed by atoms with Crippen molar-refractivity contribution < 1.29 is 0 Å². The quantitative estimate of drug-likeness (QED) is 0.645. The number of hydrogen-bond donors (Lipinski definition) is 1. The van der Waals surface area contributed by atoms with Gasteiger partial charge in [0, 0.05) is 0 Å². The molecule has 0 aromatic carbocycles. The van der Waals surface area contributed by atoms with Gasteiger partial charge in [-0.3, -0.25) is 0 Å². The zero-order valence-electron chi connectivity index (χ0n) is 7.64. The maximum atomic E-state index is 5.72. The molecule has 0 amide bonds. The van der Waals surface area contributed by atoms with Crippen molar-refractivity contribution in [2.75, 3.05) is 6.54 Å². The van der Waals surface area contributed by atoms with Crippen LogP contribution in [0.25, 0.3) is 0 Å². The molecule has 2 atom stereocenters. The zero-order chi connectivity index (χ0) is 8.06. The van der Waals surface area contributed by atoms with Gasteiger partial charge in [-0.2, -0.15) is 0 Å². The van der Waals surface area contributed by atoms with E-state index < -0.39 is 0 Å². The average Bonchev–Trinajstić information content (AvgIpc) is 2.31. The normalized spacial score (nSPS) is 41.7. The predicted molar refractivity (Wildman–Crippen MR) is 47.2 cm³/mol.